The van der Waals surface area contributed by atoms with Crippen molar-refractivity contribution in [2.24, 2.45) is 5.41 Å². The van der Waals surface area contributed by atoms with Crippen LogP contribution in [-0.2, 0) is 19.1 Å². The van der Waals surface area contributed by atoms with Crippen LogP contribution in [0.2, 0.25) is 0 Å². The first-order valence-corrected chi connectivity index (χ1v) is 11.2. The van der Waals surface area contributed by atoms with E-state index in [1.54, 1.807) is 13.8 Å². The van der Waals surface area contributed by atoms with Crippen molar-refractivity contribution < 1.29 is 29.0 Å². The summed E-state index contributed by atoms with van der Waals surface area (Å²) in [5.74, 6) is -1.72. The molecule has 0 saturated carbocycles. The molecular formula is C26H32N2O6. The van der Waals surface area contributed by atoms with Crippen molar-refractivity contribution in [1.82, 2.24) is 10.6 Å². The van der Waals surface area contributed by atoms with Gasteiger partial charge in [0.15, 0.2) is 0 Å². The number of nitrogens with one attached hydrogen (secondary N) is 2. The van der Waals surface area contributed by atoms with Gasteiger partial charge < -0.3 is 25.2 Å². The Balaban J connectivity index is 1.67. The summed E-state index contributed by atoms with van der Waals surface area (Å²) in [6.45, 7) is 6.31. The van der Waals surface area contributed by atoms with Gasteiger partial charge in [0.25, 0.3) is 0 Å². The highest BCUT2D eigenvalue weighted by Gasteiger charge is 2.45. The molecule has 182 valence electrons. The number of aliphatic carboxylic acids is 1. The molecule has 2 aromatic carbocycles. The first kappa shape index (κ1) is 25.2. The standard InChI is InChI=1S/C26H32N2O6/c1-25(2,23(30)31)26(3,4)28-22(29)21(15-33-5)27-24(32)34-14-20-18-12-8-6-10-16(18)17-11-7-9-13-19(17)20/h6-13,20-21H,14-15H2,1-5H3,(H,27,32)(H,28,29)(H,30,31)/t21-/m0/s1. The molecule has 0 heterocycles. The lowest BCUT2D eigenvalue weighted by Gasteiger charge is -2.39. The molecule has 2 amide bonds. The normalized spacial score (nSPS) is 14.0. The Hall–Kier alpha value is -3.39. The average Bonchev–Trinajstić information content (AvgIpc) is 3.10. The number of alkyl carbamates (subject to hydrolysis) is 1. The Kier molecular flexibility index (Phi) is 7.31. The van der Waals surface area contributed by atoms with E-state index in [-0.39, 0.29) is 19.1 Å². The van der Waals surface area contributed by atoms with Gasteiger partial charge in [0.2, 0.25) is 5.91 Å². The summed E-state index contributed by atoms with van der Waals surface area (Å²) in [5.41, 5.74) is 2.06. The molecule has 0 spiro atoms. The number of carbonyl (C=O) groups excluding carboxylic acids is 2. The summed E-state index contributed by atoms with van der Waals surface area (Å²) >= 11 is 0. The third-order valence-corrected chi connectivity index (χ3v) is 6.82. The number of hydrogen-bond donors (Lipinski definition) is 3. The van der Waals surface area contributed by atoms with Gasteiger partial charge in [-0.25, -0.2) is 4.79 Å². The lowest BCUT2D eigenvalue weighted by molar-refractivity contribution is -0.152. The number of fused-ring (bicyclic) bond motifs is 3. The van der Waals surface area contributed by atoms with Crippen LogP contribution in [0.25, 0.3) is 11.1 Å². The molecule has 1 aliphatic rings. The van der Waals surface area contributed by atoms with Crippen LogP contribution in [0.1, 0.15) is 44.7 Å². The molecule has 0 aromatic heterocycles. The first-order valence-electron chi connectivity index (χ1n) is 11.2. The molecule has 2 aromatic rings. The van der Waals surface area contributed by atoms with E-state index >= 15 is 0 Å². The Bertz CT molecular complexity index is 1030. The second kappa shape index (κ2) is 9.85. The number of carboxylic acid groups (broad SMARTS) is 1. The fourth-order valence-corrected chi connectivity index (χ4v) is 3.95. The number of rotatable bonds is 9. The second-order valence-corrected chi connectivity index (χ2v) is 9.52. The predicted octanol–water partition coefficient (Wildman–Crippen LogP) is 3.55. The predicted molar refractivity (Wildman–Crippen MR) is 128 cm³/mol. The zero-order valence-electron chi connectivity index (χ0n) is 20.2. The minimum absolute atomic E-state index is 0.0976. The van der Waals surface area contributed by atoms with Crippen LogP contribution < -0.4 is 10.6 Å². The van der Waals surface area contributed by atoms with Crippen molar-refractivity contribution in [1.29, 1.82) is 0 Å². The molecule has 0 fully saturated rings. The minimum Gasteiger partial charge on any atom is -0.481 e. The maximum absolute atomic E-state index is 12.9. The van der Waals surface area contributed by atoms with Crippen LogP contribution in [-0.4, -0.2) is 55.0 Å². The summed E-state index contributed by atoms with van der Waals surface area (Å²) in [4.78, 5) is 37.2. The summed E-state index contributed by atoms with van der Waals surface area (Å²) < 4.78 is 10.6. The van der Waals surface area contributed by atoms with Gasteiger partial charge in [0, 0.05) is 13.0 Å². The van der Waals surface area contributed by atoms with Crippen LogP contribution in [0.4, 0.5) is 4.79 Å². The van der Waals surface area contributed by atoms with Crippen LogP contribution >= 0.6 is 0 Å². The van der Waals surface area contributed by atoms with Gasteiger partial charge in [0.05, 0.1) is 17.6 Å². The number of hydrogen-bond acceptors (Lipinski definition) is 5. The summed E-state index contributed by atoms with van der Waals surface area (Å²) in [6, 6.07) is 15.0. The molecule has 0 aliphatic heterocycles. The fraction of sp³-hybridized carbons (Fsp3) is 0.423. The molecule has 0 bridgehead atoms. The van der Waals surface area contributed by atoms with E-state index < -0.39 is 35.0 Å². The average molecular weight is 469 g/mol. The van der Waals surface area contributed by atoms with E-state index in [9.17, 15) is 19.5 Å². The Morgan fingerprint density at radius 2 is 1.50 bits per heavy atom. The zero-order chi connectivity index (χ0) is 25.1. The molecule has 3 rings (SSSR count). The van der Waals surface area contributed by atoms with Gasteiger partial charge in [-0.1, -0.05) is 48.5 Å². The van der Waals surface area contributed by atoms with Crippen molar-refractivity contribution in [2.45, 2.75) is 45.2 Å². The van der Waals surface area contributed by atoms with Crippen molar-refractivity contribution in [2.75, 3.05) is 20.3 Å². The fourth-order valence-electron chi connectivity index (χ4n) is 3.95. The van der Waals surface area contributed by atoms with Gasteiger partial charge in [0.1, 0.15) is 12.6 Å². The highest BCUT2D eigenvalue weighted by molar-refractivity contribution is 5.87. The molecule has 3 N–H and O–H groups in total. The minimum atomic E-state index is -1.25. The van der Waals surface area contributed by atoms with E-state index in [4.69, 9.17) is 9.47 Å². The number of carboxylic acids is 1. The van der Waals surface area contributed by atoms with Gasteiger partial charge in [-0.3, -0.25) is 9.59 Å². The Morgan fingerprint density at radius 3 is 2.00 bits per heavy atom. The SMILES string of the molecule is COC[C@H](NC(=O)OCC1c2ccccc2-c2ccccc21)C(=O)NC(C)(C)C(C)(C)C(=O)O. The Labute approximate surface area is 199 Å². The van der Waals surface area contributed by atoms with Gasteiger partial charge >= 0.3 is 12.1 Å². The van der Waals surface area contributed by atoms with Crippen molar-refractivity contribution in [3.05, 3.63) is 59.7 Å². The van der Waals surface area contributed by atoms with Gasteiger partial charge in [-0.2, -0.15) is 0 Å². The first-order chi connectivity index (χ1) is 16.0. The van der Waals surface area contributed by atoms with Crippen LogP contribution in [0.3, 0.4) is 0 Å². The zero-order valence-corrected chi connectivity index (χ0v) is 20.2. The number of benzene rings is 2. The highest BCUT2D eigenvalue weighted by atomic mass is 16.5. The van der Waals surface area contributed by atoms with Crippen molar-refractivity contribution in [3.63, 3.8) is 0 Å². The topological polar surface area (TPSA) is 114 Å². The molecule has 8 nitrogen and oxygen atoms in total. The smallest absolute Gasteiger partial charge is 0.407 e. The van der Waals surface area contributed by atoms with Crippen molar-refractivity contribution in [3.8, 4) is 11.1 Å². The van der Waals surface area contributed by atoms with Crippen molar-refractivity contribution >= 4 is 18.0 Å². The van der Waals surface area contributed by atoms with Crippen LogP contribution in [0.15, 0.2) is 48.5 Å². The summed E-state index contributed by atoms with van der Waals surface area (Å²) in [5, 5.41) is 14.8. The van der Waals surface area contributed by atoms with E-state index in [2.05, 4.69) is 10.6 Å². The quantitative estimate of drug-likeness (QED) is 0.519. The third kappa shape index (κ3) is 4.92. The molecular weight excluding hydrogens is 436 g/mol. The van der Waals surface area contributed by atoms with E-state index in [1.165, 1.54) is 21.0 Å². The number of ether oxygens (including phenoxy) is 2. The summed E-state index contributed by atoms with van der Waals surface area (Å²) in [6.07, 6.45) is -0.755. The third-order valence-electron chi connectivity index (χ3n) is 6.82. The molecule has 0 saturated heterocycles. The maximum Gasteiger partial charge on any atom is 0.407 e. The largest absolute Gasteiger partial charge is 0.481 e. The van der Waals surface area contributed by atoms with Crippen LogP contribution in [0.5, 0.6) is 0 Å². The lowest BCUT2D eigenvalue weighted by Crippen LogP contribution is -2.61. The van der Waals surface area contributed by atoms with E-state index in [0.29, 0.717) is 0 Å². The molecule has 0 radical (unpaired) electrons. The number of amides is 2. The number of methoxy groups -OCH3 is 1. The van der Waals surface area contributed by atoms with Crippen LogP contribution in [0, 0.1) is 5.41 Å². The van der Waals surface area contributed by atoms with Gasteiger partial charge in [-0.15, -0.1) is 0 Å². The second-order valence-electron chi connectivity index (χ2n) is 9.52. The van der Waals surface area contributed by atoms with E-state index in [0.717, 1.165) is 22.3 Å². The molecule has 34 heavy (non-hydrogen) atoms. The molecule has 0 unspecified atom stereocenters. The number of carbonyl (C=O) groups is 3. The lowest BCUT2D eigenvalue weighted by atomic mass is 9.74. The molecule has 8 heteroatoms. The Morgan fingerprint density at radius 1 is 0.971 bits per heavy atom. The maximum atomic E-state index is 12.9. The molecule has 1 aliphatic carbocycles. The summed E-state index contributed by atoms with van der Waals surface area (Å²) in [7, 11) is 1.41. The monoisotopic (exact) mass is 468 g/mol. The highest BCUT2D eigenvalue weighted by Crippen LogP contribution is 2.44. The van der Waals surface area contributed by atoms with E-state index in [1.807, 2.05) is 48.5 Å². The molecule has 1 atom stereocenters. The van der Waals surface area contributed by atoms with Gasteiger partial charge in [-0.05, 0) is 49.9 Å².